The first-order valence-corrected chi connectivity index (χ1v) is 9.80. The molecule has 1 heterocycles. The van der Waals surface area contributed by atoms with Gasteiger partial charge in [0.05, 0.1) is 16.1 Å². The fourth-order valence-electron chi connectivity index (χ4n) is 2.61. The number of nitrogens with one attached hydrogen (secondary N) is 2. The lowest BCUT2D eigenvalue weighted by Gasteiger charge is -2.14. The maximum atomic E-state index is 12.4. The molecule has 0 spiro atoms. The average Bonchev–Trinajstić information content (AvgIpc) is 3.34. The van der Waals surface area contributed by atoms with Gasteiger partial charge in [0, 0.05) is 11.1 Å². The van der Waals surface area contributed by atoms with Crippen molar-refractivity contribution in [2.45, 2.75) is 25.8 Å². The van der Waals surface area contributed by atoms with Crippen molar-refractivity contribution in [3.05, 3.63) is 51.2 Å². The van der Waals surface area contributed by atoms with E-state index in [1.54, 1.807) is 17.5 Å². The first-order valence-electron chi connectivity index (χ1n) is 8.55. The van der Waals surface area contributed by atoms with Crippen LogP contribution in [-0.4, -0.2) is 30.4 Å². The minimum atomic E-state index is -0.706. The third-order valence-electron chi connectivity index (χ3n) is 4.25. The van der Waals surface area contributed by atoms with Crippen LogP contribution in [0.4, 0.5) is 5.69 Å². The first-order chi connectivity index (χ1) is 12.9. The number of ether oxygens (including phenoxy) is 1. The number of carbonyl (C=O) groups excluding carboxylic acids is 3. The summed E-state index contributed by atoms with van der Waals surface area (Å²) in [5.74, 6) is -0.888. The van der Waals surface area contributed by atoms with Gasteiger partial charge in [0.15, 0.2) is 6.61 Å². The molecule has 2 amide bonds. The Kier molecular flexibility index (Phi) is 6.13. The fourth-order valence-corrected chi connectivity index (χ4v) is 3.40. The highest BCUT2D eigenvalue weighted by molar-refractivity contribution is 7.12. The Balaban J connectivity index is 1.63. The van der Waals surface area contributed by atoms with E-state index >= 15 is 0 Å². The van der Waals surface area contributed by atoms with Gasteiger partial charge in [-0.15, -0.1) is 11.3 Å². The van der Waals surface area contributed by atoms with Crippen LogP contribution in [0.2, 0.25) is 5.02 Å². The van der Waals surface area contributed by atoms with E-state index in [0.29, 0.717) is 15.8 Å². The SMILES string of the molecule is C[C@@H](NC(=O)COC(=O)c1ccc(Cl)cc1NC(=O)c1cccs1)C1CC1. The Labute approximate surface area is 165 Å². The van der Waals surface area contributed by atoms with Crippen LogP contribution in [-0.2, 0) is 9.53 Å². The van der Waals surface area contributed by atoms with Crippen LogP contribution in [0.5, 0.6) is 0 Å². The van der Waals surface area contributed by atoms with E-state index in [4.69, 9.17) is 16.3 Å². The van der Waals surface area contributed by atoms with Crippen molar-refractivity contribution in [3.8, 4) is 0 Å². The summed E-state index contributed by atoms with van der Waals surface area (Å²) in [5, 5.41) is 7.63. The molecule has 0 saturated heterocycles. The second-order valence-corrected chi connectivity index (χ2v) is 7.78. The van der Waals surface area contributed by atoms with Crippen LogP contribution in [0.3, 0.4) is 0 Å². The second-order valence-electron chi connectivity index (χ2n) is 6.39. The summed E-state index contributed by atoms with van der Waals surface area (Å²) in [6.45, 7) is 1.56. The number of hydrogen-bond donors (Lipinski definition) is 2. The van der Waals surface area contributed by atoms with Gasteiger partial charge in [0.25, 0.3) is 11.8 Å². The maximum Gasteiger partial charge on any atom is 0.340 e. The zero-order valence-corrected chi connectivity index (χ0v) is 16.2. The minimum Gasteiger partial charge on any atom is -0.452 e. The van der Waals surface area contributed by atoms with Crippen molar-refractivity contribution >= 4 is 46.4 Å². The summed E-state index contributed by atoms with van der Waals surface area (Å²) in [6, 6.07) is 7.96. The van der Waals surface area contributed by atoms with Gasteiger partial charge >= 0.3 is 5.97 Å². The van der Waals surface area contributed by atoms with Gasteiger partial charge in [-0.25, -0.2) is 4.79 Å². The predicted molar refractivity (Wildman–Crippen MR) is 104 cm³/mol. The lowest BCUT2D eigenvalue weighted by Crippen LogP contribution is -2.37. The Morgan fingerprint density at radius 2 is 2.07 bits per heavy atom. The molecule has 2 aromatic rings. The largest absolute Gasteiger partial charge is 0.452 e. The van der Waals surface area contributed by atoms with Gasteiger partial charge in [0.2, 0.25) is 0 Å². The van der Waals surface area contributed by atoms with E-state index in [1.807, 2.05) is 6.92 Å². The van der Waals surface area contributed by atoms with Gasteiger partial charge in [0.1, 0.15) is 0 Å². The van der Waals surface area contributed by atoms with Crippen molar-refractivity contribution in [2.75, 3.05) is 11.9 Å². The molecular weight excluding hydrogens is 388 g/mol. The fraction of sp³-hybridized carbons (Fsp3) is 0.316. The average molecular weight is 407 g/mol. The zero-order chi connectivity index (χ0) is 19.4. The molecule has 1 saturated carbocycles. The molecular formula is C19H19ClN2O4S. The van der Waals surface area contributed by atoms with Gasteiger partial charge in [-0.3, -0.25) is 9.59 Å². The third kappa shape index (κ3) is 5.30. The number of rotatable bonds is 7. The molecule has 1 fully saturated rings. The molecule has 6 nitrogen and oxygen atoms in total. The van der Waals surface area contributed by atoms with Crippen molar-refractivity contribution in [1.29, 1.82) is 0 Å². The molecule has 0 unspecified atom stereocenters. The van der Waals surface area contributed by atoms with Crippen LogP contribution >= 0.6 is 22.9 Å². The first kappa shape index (κ1) is 19.4. The molecule has 1 atom stereocenters. The highest BCUT2D eigenvalue weighted by atomic mass is 35.5. The molecule has 2 N–H and O–H groups in total. The molecule has 142 valence electrons. The van der Waals surface area contributed by atoms with E-state index in [-0.39, 0.29) is 35.7 Å². The Morgan fingerprint density at radius 3 is 2.74 bits per heavy atom. The summed E-state index contributed by atoms with van der Waals surface area (Å²) in [7, 11) is 0. The molecule has 1 aliphatic rings. The number of halogens is 1. The highest BCUT2D eigenvalue weighted by Gasteiger charge is 2.29. The van der Waals surface area contributed by atoms with Crippen LogP contribution in [0.15, 0.2) is 35.7 Å². The van der Waals surface area contributed by atoms with Crippen molar-refractivity contribution in [2.24, 2.45) is 5.92 Å². The Morgan fingerprint density at radius 1 is 1.30 bits per heavy atom. The van der Waals surface area contributed by atoms with E-state index in [0.717, 1.165) is 12.8 Å². The summed E-state index contributed by atoms with van der Waals surface area (Å²) in [5.41, 5.74) is 0.366. The van der Waals surface area contributed by atoms with Gasteiger partial charge in [-0.1, -0.05) is 17.7 Å². The Hall–Kier alpha value is -2.38. The number of anilines is 1. The number of thiophene rings is 1. The van der Waals surface area contributed by atoms with Crippen molar-refractivity contribution < 1.29 is 19.1 Å². The van der Waals surface area contributed by atoms with E-state index in [1.165, 1.54) is 29.5 Å². The maximum absolute atomic E-state index is 12.4. The summed E-state index contributed by atoms with van der Waals surface area (Å²) in [6.07, 6.45) is 2.22. The highest BCUT2D eigenvalue weighted by Crippen LogP contribution is 2.32. The van der Waals surface area contributed by atoms with Crippen LogP contribution < -0.4 is 10.6 Å². The van der Waals surface area contributed by atoms with E-state index < -0.39 is 5.97 Å². The standard InChI is InChI=1S/C19H19ClN2O4S/c1-11(12-4-5-12)21-17(23)10-26-19(25)14-7-6-13(20)9-15(14)22-18(24)16-3-2-8-27-16/h2-3,6-9,11-12H,4-5,10H2,1H3,(H,21,23)(H,22,24)/t11-/m1/s1. The molecule has 1 aromatic heterocycles. The second kappa shape index (κ2) is 8.54. The number of hydrogen-bond acceptors (Lipinski definition) is 5. The van der Waals surface area contributed by atoms with E-state index in [9.17, 15) is 14.4 Å². The quantitative estimate of drug-likeness (QED) is 0.686. The number of amides is 2. The molecule has 3 rings (SSSR count). The topological polar surface area (TPSA) is 84.5 Å². The van der Waals surface area contributed by atoms with Crippen LogP contribution in [0.25, 0.3) is 0 Å². The zero-order valence-electron chi connectivity index (χ0n) is 14.7. The van der Waals surface area contributed by atoms with E-state index in [2.05, 4.69) is 10.6 Å². The summed E-state index contributed by atoms with van der Waals surface area (Å²) in [4.78, 5) is 37.1. The third-order valence-corrected chi connectivity index (χ3v) is 5.35. The van der Waals surface area contributed by atoms with Crippen LogP contribution in [0.1, 0.15) is 39.8 Å². The molecule has 0 aliphatic heterocycles. The summed E-state index contributed by atoms with van der Waals surface area (Å²) < 4.78 is 5.10. The predicted octanol–water partition coefficient (Wildman–Crippen LogP) is 3.73. The molecule has 0 bridgehead atoms. The van der Waals surface area contributed by atoms with Crippen molar-refractivity contribution in [3.63, 3.8) is 0 Å². The Bertz CT molecular complexity index is 849. The number of carbonyl (C=O) groups is 3. The summed E-state index contributed by atoms with van der Waals surface area (Å²) >= 11 is 7.27. The smallest absolute Gasteiger partial charge is 0.340 e. The minimum absolute atomic E-state index is 0.0763. The molecule has 1 aromatic carbocycles. The molecule has 8 heteroatoms. The monoisotopic (exact) mass is 406 g/mol. The molecule has 27 heavy (non-hydrogen) atoms. The normalized spacial score (nSPS) is 14.3. The van der Waals surface area contributed by atoms with Gasteiger partial charge in [-0.2, -0.15) is 0 Å². The molecule has 0 radical (unpaired) electrons. The lowest BCUT2D eigenvalue weighted by atomic mass is 10.1. The van der Waals surface area contributed by atoms with Crippen LogP contribution in [0, 0.1) is 5.92 Å². The lowest BCUT2D eigenvalue weighted by molar-refractivity contribution is -0.124. The molecule has 1 aliphatic carbocycles. The van der Waals surface area contributed by atoms with Gasteiger partial charge < -0.3 is 15.4 Å². The number of esters is 1. The van der Waals surface area contributed by atoms with Gasteiger partial charge in [-0.05, 0) is 55.3 Å². The van der Waals surface area contributed by atoms with Crippen molar-refractivity contribution in [1.82, 2.24) is 5.32 Å². The number of benzene rings is 1.